The summed E-state index contributed by atoms with van der Waals surface area (Å²) in [5.74, 6) is -1.53. The molecule has 240 valence electrons. The molecule has 2 aliphatic carbocycles. The number of nitrogens with zero attached hydrogens (tertiary/aromatic N) is 2. The molecule has 11 nitrogen and oxygen atoms in total. The van der Waals surface area contributed by atoms with Gasteiger partial charge in [0, 0.05) is 29.8 Å². The van der Waals surface area contributed by atoms with Crippen LogP contribution in [-0.2, 0) is 25.8 Å². The Morgan fingerprint density at radius 3 is 2.52 bits per heavy atom. The van der Waals surface area contributed by atoms with Gasteiger partial charge in [-0.05, 0) is 43.5 Å². The molecule has 2 aromatic heterocycles. The van der Waals surface area contributed by atoms with Gasteiger partial charge >= 0.3 is 6.18 Å². The molecule has 4 atom stereocenters. The Balaban J connectivity index is 1.11. The van der Waals surface area contributed by atoms with Gasteiger partial charge in [0.1, 0.15) is 22.7 Å². The highest BCUT2D eigenvalue weighted by Gasteiger charge is 2.61. The second-order valence-electron chi connectivity index (χ2n) is 11.8. The molecule has 3 aliphatic rings. The van der Waals surface area contributed by atoms with Crippen molar-refractivity contribution < 1.29 is 40.3 Å². The first-order valence-corrected chi connectivity index (χ1v) is 16.2. The van der Waals surface area contributed by atoms with E-state index in [9.17, 15) is 31.2 Å². The van der Waals surface area contributed by atoms with E-state index in [-0.39, 0.29) is 36.7 Å². The SMILES string of the molecule is C=C[C@@H]1CC1(NC(=O)C1CC(Oc2nc(-c3ccc(C(F)(F)F)cc3)nc3c2oc2ccccc23)CN1)C(=O)NS(=O)(=O)C1CC1. The number of ether oxygens (including phenoxy) is 1. The van der Waals surface area contributed by atoms with Crippen LogP contribution in [0.2, 0.25) is 0 Å². The number of fused-ring (bicyclic) bond motifs is 3. The Morgan fingerprint density at radius 1 is 1.11 bits per heavy atom. The summed E-state index contributed by atoms with van der Waals surface area (Å²) >= 11 is 0. The predicted molar refractivity (Wildman–Crippen MR) is 160 cm³/mol. The van der Waals surface area contributed by atoms with Gasteiger partial charge in [-0.3, -0.25) is 14.3 Å². The van der Waals surface area contributed by atoms with Crippen LogP contribution in [0.3, 0.4) is 0 Å². The Bertz CT molecular complexity index is 1990. The number of amides is 2. The maximum Gasteiger partial charge on any atom is 0.416 e. The summed E-state index contributed by atoms with van der Waals surface area (Å²) < 4.78 is 78.6. The molecule has 0 spiro atoms. The number of furan rings is 1. The second-order valence-corrected chi connectivity index (χ2v) is 13.8. The third-order valence-electron chi connectivity index (χ3n) is 8.59. The molecule has 3 N–H and O–H groups in total. The zero-order valence-corrected chi connectivity index (χ0v) is 25.0. The van der Waals surface area contributed by atoms with Gasteiger partial charge in [0.2, 0.25) is 21.5 Å². The fourth-order valence-corrected chi connectivity index (χ4v) is 7.12. The number of carbonyl (C=O) groups excluding carboxylic acids is 2. The van der Waals surface area contributed by atoms with Gasteiger partial charge in [0.15, 0.2) is 5.82 Å². The van der Waals surface area contributed by atoms with Crippen molar-refractivity contribution in [3.8, 4) is 17.3 Å². The Morgan fingerprint density at radius 2 is 1.85 bits per heavy atom. The fraction of sp³-hybridized carbons (Fsp3) is 0.355. The van der Waals surface area contributed by atoms with Gasteiger partial charge < -0.3 is 19.8 Å². The number of halogens is 3. The summed E-state index contributed by atoms with van der Waals surface area (Å²) in [6.07, 6.45) is -2.21. The monoisotopic (exact) mass is 655 g/mol. The first-order chi connectivity index (χ1) is 21.9. The minimum Gasteiger partial charge on any atom is -0.470 e. The Labute approximate surface area is 260 Å². The van der Waals surface area contributed by atoms with E-state index in [0.29, 0.717) is 34.9 Å². The Kier molecular flexibility index (Phi) is 7.08. The number of carbonyl (C=O) groups is 2. The molecule has 0 bridgehead atoms. The second kappa shape index (κ2) is 10.8. The first-order valence-electron chi connectivity index (χ1n) is 14.7. The summed E-state index contributed by atoms with van der Waals surface area (Å²) in [7, 11) is -3.81. The highest BCUT2D eigenvalue weighted by Crippen LogP contribution is 2.45. The molecule has 7 rings (SSSR count). The van der Waals surface area contributed by atoms with Crippen LogP contribution in [-0.4, -0.2) is 59.7 Å². The molecule has 1 aliphatic heterocycles. The van der Waals surface area contributed by atoms with E-state index in [1.54, 1.807) is 24.3 Å². The van der Waals surface area contributed by atoms with Crippen molar-refractivity contribution in [1.82, 2.24) is 25.3 Å². The Hall–Kier alpha value is -4.50. The van der Waals surface area contributed by atoms with Crippen molar-refractivity contribution in [2.75, 3.05) is 6.54 Å². The van der Waals surface area contributed by atoms with E-state index in [0.717, 1.165) is 12.1 Å². The van der Waals surface area contributed by atoms with Gasteiger partial charge in [-0.1, -0.05) is 30.3 Å². The molecule has 2 saturated carbocycles. The van der Waals surface area contributed by atoms with Crippen molar-refractivity contribution in [3.63, 3.8) is 0 Å². The molecular weight excluding hydrogens is 627 g/mol. The number of hydrogen-bond acceptors (Lipinski definition) is 9. The van der Waals surface area contributed by atoms with E-state index in [1.807, 2.05) is 0 Å². The average molecular weight is 656 g/mol. The summed E-state index contributed by atoms with van der Waals surface area (Å²) in [6.45, 7) is 3.93. The number of para-hydroxylation sites is 1. The fourth-order valence-electron chi connectivity index (χ4n) is 5.76. The largest absolute Gasteiger partial charge is 0.470 e. The average Bonchev–Trinajstić information content (AvgIpc) is 3.92. The van der Waals surface area contributed by atoms with E-state index in [4.69, 9.17) is 9.15 Å². The molecule has 3 fully saturated rings. The summed E-state index contributed by atoms with van der Waals surface area (Å²) in [5, 5.41) is 5.88. The number of alkyl halides is 3. The van der Waals surface area contributed by atoms with Gasteiger partial charge in [0.05, 0.1) is 16.9 Å². The smallest absolute Gasteiger partial charge is 0.416 e. The number of nitrogens with one attached hydrogen (secondary N) is 3. The minimum atomic E-state index is -4.50. The van der Waals surface area contributed by atoms with Crippen LogP contribution in [0.4, 0.5) is 13.2 Å². The van der Waals surface area contributed by atoms with Gasteiger partial charge in [-0.15, -0.1) is 6.58 Å². The van der Waals surface area contributed by atoms with E-state index in [2.05, 4.69) is 31.9 Å². The van der Waals surface area contributed by atoms with E-state index >= 15 is 0 Å². The lowest BCUT2D eigenvalue weighted by atomic mass is 10.1. The molecule has 46 heavy (non-hydrogen) atoms. The molecule has 15 heteroatoms. The van der Waals surface area contributed by atoms with Crippen molar-refractivity contribution in [3.05, 3.63) is 66.7 Å². The highest BCUT2D eigenvalue weighted by molar-refractivity contribution is 7.91. The number of hydrogen-bond donors (Lipinski definition) is 3. The lowest BCUT2D eigenvalue weighted by molar-refractivity contribution is -0.137. The number of benzene rings is 2. The first kappa shape index (κ1) is 30.2. The molecule has 1 saturated heterocycles. The van der Waals surface area contributed by atoms with E-state index < -0.39 is 62.4 Å². The lowest BCUT2D eigenvalue weighted by Gasteiger charge is -2.21. The number of sulfonamides is 1. The summed E-state index contributed by atoms with van der Waals surface area (Å²) in [4.78, 5) is 35.5. The van der Waals surface area contributed by atoms with Crippen LogP contribution in [0.15, 0.2) is 65.6 Å². The van der Waals surface area contributed by atoms with Crippen molar-refractivity contribution in [1.29, 1.82) is 0 Å². The molecule has 4 aromatic rings. The zero-order chi connectivity index (χ0) is 32.4. The van der Waals surface area contributed by atoms with Crippen molar-refractivity contribution in [2.24, 2.45) is 5.92 Å². The number of aromatic nitrogens is 2. The normalized spacial score (nSPS) is 24.5. The molecule has 3 unspecified atom stereocenters. The summed E-state index contributed by atoms with van der Waals surface area (Å²) in [6, 6.07) is 10.8. The van der Waals surface area contributed by atoms with Crippen LogP contribution < -0.4 is 20.1 Å². The molecule has 0 radical (unpaired) electrons. The van der Waals surface area contributed by atoms with Gasteiger partial charge in [-0.2, -0.15) is 18.2 Å². The van der Waals surface area contributed by atoms with Crippen LogP contribution >= 0.6 is 0 Å². The molecule has 2 aromatic carbocycles. The van der Waals surface area contributed by atoms with Crippen LogP contribution in [0, 0.1) is 5.92 Å². The maximum absolute atomic E-state index is 13.3. The van der Waals surface area contributed by atoms with Crippen molar-refractivity contribution >= 4 is 43.9 Å². The predicted octanol–water partition coefficient (Wildman–Crippen LogP) is 3.84. The van der Waals surface area contributed by atoms with Crippen molar-refractivity contribution in [2.45, 2.75) is 54.8 Å². The zero-order valence-electron chi connectivity index (χ0n) is 24.1. The van der Waals surface area contributed by atoms with Gasteiger partial charge in [0.25, 0.3) is 11.8 Å². The topological polar surface area (TPSA) is 153 Å². The van der Waals surface area contributed by atoms with Crippen LogP contribution in [0.25, 0.3) is 33.5 Å². The molecular formula is C31H28F3N5O6S. The minimum absolute atomic E-state index is 0.0546. The van der Waals surface area contributed by atoms with E-state index in [1.165, 1.54) is 18.2 Å². The quantitative estimate of drug-likeness (QED) is 0.229. The molecule has 2 amide bonds. The maximum atomic E-state index is 13.3. The van der Waals surface area contributed by atoms with Crippen LogP contribution in [0.5, 0.6) is 5.88 Å². The number of rotatable bonds is 9. The van der Waals surface area contributed by atoms with Crippen LogP contribution in [0.1, 0.15) is 31.2 Å². The highest BCUT2D eigenvalue weighted by atomic mass is 32.2. The van der Waals surface area contributed by atoms with Gasteiger partial charge in [-0.25, -0.2) is 13.4 Å². The standard InChI is InChI=1S/C31H28F3N5O6S/c1-2-17-14-30(17,29(41)39-46(42,43)20-11-12-20)38-27(40)22-13-19(15-35-22)44-28-25-24(21-5-3-4-6-23(21)45-25)36-26(37-28)16-7-9-18(10-8-16)31(32,33)34/h2-10,17,19-20,22,35H,1,11-15H2,(H,38,40)(H,39,41)/t17-,19?,22?,30?/m1/s1. The third kappa shape index (κ3) is 5.47. The molecule has 3 heterocycles. The lowest BCUT2D eigenvalue weighted by Crippen LogP contribution is -2.55. The summed E-state index contributed by atoms with van der Waals surface area (Å²) in [5.41, 5.74) is -0.723. The third-order valence-corrected chi connectivity index (χ3v) is 10.4.